The Morgan fingerprint density at radius 1 is 1.19 bits per heavy atom. The Balaban J connectivity index is 0.000000558. The molecule has 0 radical (unpaired) electrons. The fourth-order valence-corrected chi connectivity index (χ4v) is 4.70. The van der Waals surface area contributed by atoms with Gasteiger partial charge in [0.05, 0.1) is 5.70 Å². The van der Waals surface area contributed by atoms with Crippen LogP contribution in [0.4, 0.5) is 17.6 Å². The lowest BCUT2D eigenvalue weighted by molar-refractivity contribution is -0.266. The third-order valence-corrected chi connectivity index (χ3v) is 6.58. The molecule has 1 unspecified atom stereocenters. The van der Waals surface area contributed by atoms with E-state index in [2.05, 4.69) is 16.8 Å². The van der Waals surface area contributed by atoms with Gasteiger partial charge in [-0.25, -0.2) is 4.39 Å². The Hall–Kier alpha value is -2.45. The molecule has 0 amide bonds. The molecule has 4 nitrogen and oxygen atoms in total. The summed E-state index contributed by atoms with van der Waals surface area (Å²) in [4.78, 5) is 6.57. The van der Waals surface area contributed by atoms with Crippen molar-refractivity contribution in [1.82, 2.24) is 4.90 Å². The Morgan fingerprint density at radius 3 is 2.44 bits per heavy atom. The second-order valence-electron chi connectivity index (χ2n) is 10.2. The number of aliphatic imine (C=N–C) groups is 1. The molecule has 1 fully saturated rings. The molecule has 3 N–H and O–H groups in total. The number of nitrogens with two attached hydrogens (primary N) is 1. The molecule has 0 spiro atoms. The van der Waals surface area contributed by atoms with Crippen molar-refractivity contribution in [2.24, 2.45) is 10.7 Å². The summed E-state index contributed by atoms with van der Waals surface area (Å²) >= 11 is 0. The number of likely N-dealkylation sites (tertiary alicyclic amines) is 1. The number of alkyl halides is 3. The van der Waals surface area contributed by atoms with E-state index in [0.29, 0.717) is 23.2 Å². The third-order valence-electron chi connectivity index (χ3n) is 6.58. The van der Waals surface area contributed by atoms with Crippen LogP contribution in [0.15, 0.2) is 58.9 Å². The summed E-state index contributed by atoms with van der Waals surface area (Å²) in [5.41, 5.74) is 2.97. The maximum atomic E-state index is 13.9. The Morgan fingerprint density at radius 2 is 1.86 bits per heavy atom. The van der Waals surface area contributed by atoms with Gasteiger partial charge >= 0.3 is 6.18 Å². The maximum absolute atomic E-state index is 13.9. The first kappa shape index (κ1) is 29.8. The van der Waals surface area contributed by atoms with E-state index in [1.54, 1.807) is 32.9 Å². The number of allylic oxidation sites excluding steroid dienone is 4. The Kier molecular flexibility index (Phi) is 10.5. The highest BCUT2D eigenvalue weighted by molar-refractivity contribution is 5.73. The number of benzene rings is 1. The number of hydrogen-bond acceptors (Lipinski definition) is 4. The van der Waals surface area contributed by atoms with E-state index in [9.17, 15) is 22.7 Å². The second kappa shape index (κ2) is 12.7. The summed E-state index contributed by atoms with van der Waals surface area (Å²) in [6.45, 7) is 11.0. The third kappa shape index (κ3) is 8.59. The number of aryl methyl sites for hydroxylation is 1. The molecule has 1 aromatic carbocycles. The first-order valence-corrected chi connectivity index (χ1v) is 12.4. The molecule has 1 saturated heterocycles. The largest absolute Gasteiger partial charge is 0.417 e. The molecule has 8 heteroatoms. The molecular formula is C28H39F4N3O. The van der Waals surface area contributed by atoms with Crippen LogP contribution in [-0.4, -0.2) is 47.6 Å². The molecule has 3 rings (SSSR count). The zero-order valence-corrected chi connectivity index (χ0v) is 21.7. The summed E-state index contributed by atoms with van der Waals surface area (Å²) in [5.74, 6) is -0.541. The van der Waals surface area contributed by atoms with Crippen LogP contribution in [-0.2, 0) is 5.41 Å². The van der Waals surface area contributed by atoms with Crippen molar-refractivity contribution < 1.29 is 22.7 Å². The monoisotopic (exact) mass is 509 g/mol. The van der Waals surface area contributed by atoms with E-state index >= 15 is 0 Å². The Labute approximate surface area is 212 Å². The van der Waals surface area contributed by atoms with E-state index < -0.39 is 35.9 Å². The lowest BCUT2D eigenvalue weighted by atomic mass is 9.72. The number of rotatable bonds is 7. The summed E-state index contributed by atoms with van der Waals surface area (Å²) in [6, 6.07) is 3.97. The number of halogens is 4. The van der Waals surface area contributed by atoms with Crippen molar-refractivity contribution in [2.75, 3.05) is 19.6 Å². The van der Waals surface area contributed by atoms with Crippen LogP contribution in [0.25, 0.3) is 0 Å². The van der Waals surface area contributed by atoms with Gasteiger partial charge in [0.1, 0.15) is 5.82 Å². The average Bonchev–Trinajstić information content (AvgIpc) is 3.19. The summed E-state index contributed by atoms with van der Waals surface area (Å²) < 4.78 is 55.3. The van der Waals surface area contributed by atoms with Gasteiger partial charge in [-0.2, -0.15) is 13.2 Å². The van der Waals surface area contributed by atoms with Gasteiger partial charge in [0, 0.05) is 18.3 Å². The van der Waals surface area contributed by atoms with Crippen LogP contribution in [0, 0.1) is 12.7 Å². The quantitative estimate of drug-likeness (QED) is 0.422. The number of nitrogens with zero attached hydrogens (tertiary/aromatic N) is 2. The molecule has 0 bridgehead atoms. The predicted molar refractivity (Wildman–Crippen MR) is 138 cm³/mol. The fraction of sp³-hybridized carbons (Fsp3) is 0.536. The minimum absolute atomic E-state index is 0.137. The molecule has 0 aliphatic carbocycles. The van der Waals surface area contributed by atoms with Crippen molar-refractivity contribution in [2.45, 2.75) is 77.0 Å². The van der Waals surface area contributed by atoms with E-state index in [4.69, 9.17) is 5.73 Å². The maximum Gasteiger partial charge on any atom is 0.417 e. The molecule has 1 atom stereocenters. The highest BCUT2D eigenvalue weighted by atomic mass is 19.4. The zero-order chi connectivity index (χ0) is 27.0. The first-order valence-electron chi connectivity index (χ1n) is 12.4. The molecule has 2 aliphatic rings. The SMILES string of the molecule is CCN1CCCC1.Cc1ccc(F)cc1C(C)(C)CC(O)(C/C(N)=C/C1=CCC=CC=N1)C(F)(F)F. The standard InChI is InChI=1S/C22H26F4N2O.C6H13N/c1-15-8-9-16(23)11-19(15)20(2,3)14-21(29,22(24,25)26)13-17(27)12-18-7-5-4-6-10-28-18;1-2-7-5-3-4-6-7/h4,6-12,29H,5,13-14,27H2,1-3H3;2-6H2,1H3/b17-12-;. The van der Waals surface area contributed by atoms with Crippen LogP contribution in [0.2, 0.25) is 0 Å². The molecule has 2 heterocycles. The van der Waals surface area contributed by atoms with Crippen LogP contribution in [0.5, 0.6) is 0 Å². The van der Waals surface area contributed by atoms with E-state index in [-0.39, 0.29) is 5.70 Å². The van der Waals surface area contributed by atoms with Crippen molar-refractivity contribution in [3.63, 3.8) is 0 Å². The number of aliphatic hydroxyl groups is 1. The lowest BCUT2D eigenvalue weighted by Gasteiger charge is -2.38. The van der Waals surface area contributed by atoms with Gasteiger partial charge in [-0.15, -0.1) is 0 Å². The zero-order valence-electron chi connectivity index (χ0n) is 21.7. The fourth-order valence-electron chi connectivity index (χ4n) is 4.70. The van der Waals surface area contributed by atoms with Crippen LogP contribution >= 0.6 is 0 Å². The minimum atomic E-state index is -4.92. The topological polar surface area (TPSA) is 61.8 Å². The molecule has 200 valence electrons. The molecular weight excluding hydrogens is 470 g/mol. The van der Waals surface area contributed by atoms with Gasteiger partial charge in [-0.3, -0.25) is 4.99 Å². The van der Waals surface area contributed by atoms with Crippen LogP contribution in [0.1, 0.15) is 64.0 Å². The van der Waals surface area contributed by atoms with Gasteiger partial charge in [-0.05, 0) is 93.1 Å². The van der Waals surface area contributed by atoms with Gasteiger partial charge in [0.15, 0.2) is 5.60 Å². The van der Waals surface area contributed by atoms with Gasteiger partial charge in [0.2, 0.25) is 0 Å². The van der Waals surface area contributed by atoms with Gasteiger partial charge in [-0.1, -0.05) is 39.0 Å². The molecule has 1 aromatic rings. The molecule has 0 saturated carbocycles. The molecule has 36 heavy (non-hydrogen) atoms. The minimum Gasteiger partial charge on any atom is -0.402 e. The highest BCUT2D eigenvalue weighted by Gasteiger charge is 2.56. The smallest absolute Gasteiger partial charge is 0.402 e. The predicted octanol–water partition coefficient (Wildman–Crippen LogP) is 6.34. The summed E-state index contributed by atoms with van der Waals surface area (Å²) in [7, 11) is 0. The summed E-state index contributed by atoms with van der Waals surface area (Å²) in [5, 5.41) is 10.7. The van der Waals surface area contributed by atoms with Crippen molar-refractivity contribution in [1.29, 1.82) is 0 Å². The van der Waals surface area contributed by atoms with Crippen LogP contribution < -0.4 is 5.73 Å². The first-order chi connectivity index (χ1) is 16.8. The Bertz CT molecular complexity index is 989. The van der Waals surface area contributed by atoms with Crippen molar-refractivity contribution in [3.8, 4) is 0 Å². The van der Waals surface area contributed by atoms with Gasteiger partial charge in [0.25, 0.3) is 0 Å². The van der Waals surface area contributed by atoms with E-state index in [1.165, 1.54) is 63.0 Å². The molecule has 2 aliphatic heterocycles. The van der Waals surface area contributed by atoms with Crippen LogP contribution in [0.3, 0.4) is 0 Å². The second-order valence-corrected chi connectivity index (χ2v) is 10.2. The van der Waals surface area contributed by atoms with E-state index in [0.717, 1.165) is 0 Å². The van der Waals surface area contributed by atoms with Crippen molar-refractivity contribution in [3.05, 3.63) is 70.8 Å². The van der Waals surface area contributed by atoms with Gasteiger partial charge < -0.3 is 15.7 Å². The van der Waals surface area contributed by atoms with Crippen molar-refractivity contribution >= 4 is 6.21 Å². The molecule has 0 aromatic heterocycles. The van der Waals surface area contributed by atoms with E-state index in [1.807, 2.05) is 6.08 Å². The number of hydrogen-bond donors (Lipinski definition) is 2. The lowest BCUT2D eigenvalue weighted by Crippen LogP contribution is -2.50. The summed E-state index contributed by atoms with van der Waals surface area (Å²) in [6.07, 6.45) is 5.16. The highest BCUT2D eigenvalue weighted by Crippen LogP contribution is 2.44. The normalized spacial score (nSPS) is 18.8. The average molecular weight is 510 g/mol.